The fraction of sp³-hybridized carbons (Fsp3) is 0.409. The van der Waals surface area contributed by atoms with Gasteiger partial charge in [0.25, 0.3) is 0 Å². The van der Waals surface area contributed by atoms with Gasteiger partial charge in [-0.2, -0.15) is 5.10 Å². The predicted molar refractivity (Wildman–Crippen MR) is 127 cm³/mol. The second-order valence-electron chi connectivity index (χ2n) is 7.74. The van der Waals surface area contributed by atoms with Crippen LogP contribution in [0.3, 0.4) is 0 Å². The summed E-state index contributed by atoms with van der Waals surface area (Å²) in [4.78, 5) is 16.7. The van der Waals surface area contributed by atoms with E-state index >= 15 is 0 Å². The summed E-state index contributed by atoms with van der Waals surface area (Å²) in [6.07, 6.45) is 2.76. The fourth-order valence-electron chi connectivity index (χ4n) is 4.02. The number of thiophene rings is 1. The molecule has 1 amide bonds. The topological polar surface area (TPSA) is 66.0 Å². The number of aromatic nitrogens is 3. The monoisotopic (exact) mass is 475 g/mol. The van der Waals surface area contributed by atoms with Crippen LogP contribution in [0.25, 0.3) is 0 Å². The number of aromatic amines is 1. The number of hydrogen-bond acceptors (Lipinski definition) is 5. The van der Waals surface area contributed by atoms with E-state index in [1.54, 1.807) is 4.57 Å². The molecule has 1 aliphatic rings. The molecule has 1 atom stereocenters. The number of nitrogens with zero attached hydrogens (tertiary/aromatic N) is 3. The average Bonchev–Trinajstić information content (AvgIpc) is 3.37. The molecule has 3 aromatic rings. The number of halogens is 1. The van der Waals surface area contributed by atoms with Crippen molar-refractivity contribution in [3.05, 3.63) is 67.3 Å². The number of benzene rings is 1. The van der Waals surface area contributed by atoms with Gasteiger partial charge < -0.3 is 5.32 Å². The molecule has 9 heteroatoms. The van der Waals surface area contributed by atoms with Crippen LogP contribution in [-0.4, -0.2) is 38.7 Å². The third-order valence-electron chi connectivity index (χ3n) is 5.64. The minimum atomic E-state index is -0.0675. The second kappa shape index (κ2) is 10.1. The third-order valence-corrected chi connectivity index (χ3v) is 7.22. The summed E-state index contributed by atoms with van der Waals surface area (Å²) < 4.78 is 2.26. The van der Waals surface area contributed by atoms with Crippen molar-refractivity contribution >= 4 is 41.1 Å². The summed E-state index contributed by atoms with van der Waals surface area (Å²) in [6, 6.07) is 10.2. The molecule has 1 unspecified atom stereocenters. The normalized spacial score (nSPS) is 14.9. The largest absolute Gasteiger partial charge is 0.353 e. The number of H-pyrrole nitrogens is 1. The number of carbonyl (C=O) groups is 1. The number of rotatable bonds is 8. The van der Waals surface area contributed by atoms with Crippen molar-refractivity contribution in [2.45, 2.75) is 45.3 Å². The van der Waals surface area contributed by atoms with Crippen LogP contribution < -0.4 is 5.32 Å². The lowest BCUT2D eigenvalue weighted by atomic mass is 10.0. The summed E-state index contributed by atoms with van der Waals surface area (Å²) in [7, 11) is 0. The zero-order valence-electron chi connectivity index (χ0n) is 17.4. The molecule has 2 aromatic heterocycles. The first-order valence-electron chi connectivity index (χ1n) is 10.5. The molecule has 0 saturated heterocycles. The Labute approximate surface area is 196 Å². The Hall–Kier alpha value is -2.00. The lowest BCUT2D eigenvalue weighted by Crippen LogP contribution is -2.41. The quantitative estimate of drug-likeness (QED) is 0.470. The number of fused-ring (bicyclic) bond motifs is 1. The van der Waals surface area contributed by atoms with Crippen LogP contribution in [0.5, 0.6) is 0 Å². The Bertz CT molecular complexity index is 1090. The van der Waals surface area contributed by atoms with Crippen molar-refractivity contribution < 1.29 is 4.79 Å². The molecule has 0 aliphatic carbocycles. The van der Waals surface area contributed by atoms with Crippen molar-refractivity contribution in [1.29, 1.82) is 0 Å². The van der Waals surface area contributed by atoms with Gasteiger partial charge in [-0.15, -0.1) is 11.3 Å². The van der Waals surface area contributed by atoms with Gasteiger partial charge in [0.1, 0.15) is 12.4 Å². The zero-order valence-corrected chi connectivity index (χ0v) is 19.8. The number of nitrogens with one attached hydrogen (secondary N) is 2. The van der Waals surface area contributed by atoms with Crippen molar-refractivity contribution in [3.63, 3.8) is 0 Å². The maximum absolute atomic E-state index is 12.8. The summed E-state index contributed by atoms with van der Waals surface area (Å²) in [5.41, 5.74) is 2.53. The molecular formula is C22H26ClN5OS2. The molecule has 1 aliphatic heterocycles. The Balaban J connectivity index is 1.48. The Morgan fingerprint density at radius 1 is 1.35 bits per heavy atom. The highest BCUT2D eigenvalue weighted by Gasteiger charge is 2.26. The van der Waals surface area contributed by atoms with Gasteiger partial charge in [-0.3, -0.25) is 19.4 Å². The first-order valence-corrected chi connectivity index (χ1v) is 12.2. The predicted octanol–water partition coefficient (Wildman–Crippen LogP) is 4.52. The van der Waals surface area contributed by atoms with Crippen molar-refractivity contribution in [2.75, 3.05) is 13.1 Å². The molecule has 0 bridgehead atoms. The smallest absolute Gasteiger partial charge is 0.240 e. The zero-order chi connectivity index (χ0) is 21.8. The van der Waals surface area contributed by atoms with Gasteiger partial charge in [-0.1, -0.05) is 30.7 Å². The Morgan fingerprint density at radius 2 is 2.16 bits per heavy atom. The number of aryl methyl sites for hydroxylation is 1. The van der Waals surface area contributed by atoms with Gasteiger partial charge in [0.15, 0.2) is 4.77 Å². The van der Waals surface area contributed by atoms with Crippen LogP contribution in [0.4, 0.5) is 0 Å². The molecule has 0 radical (unpaired) electrons. The van der Waals surface area contributed by atoms with Crippen LogP contribution in [0.15, 0.2) is 35.7 Å². The van der Waals surface area contributed by atoms with E-state index in [1.807, 2.05) is 35.6 Å². The molecule has 6 nitrogen and oxygen atoms in total. The minimum Gasteiger partial charge on any atom is -0.353 e. The van der Waals surface area contributed by atoms with E-state index in [1.165, 1.54) is 10.4 Å². The van der Waals surface area contributed by atoms with Crippen LogP contribution in [0.1, 0.15) is 41.2 Å². The van der Waals surface area contributed by atoms with Gasteiger partial charge in [0.05, 0.1) is 6.04 Å². The maximum Gasteiger partial charge on any atom is 0.240 e. The number of carbonyl (C=O) groups excluding carboxylic acids is 1. The number of amides is 1. The highest BCUT2D eigenvalue weighted by molar-refractivity contribution is 7.71. The maximum atomic E-state index is 12.8. The number of hydrogen-bond donors (Lipinski definition) is 2. The second-order valence-corrected chi connectivity index (χ2v) is 9.57. The van der Waals surface area contributed by atoms with E-state index in [0.29, 0.717) is 16.3 Å². The van der Waals surface area contributed by atoms with E-state index in [-0.39, 0.29) is 18.5 Å². The molecule has 3 heterocycles. The van der Waals surface area contributed by atoms with Crippen LogP contribution in [0, 0.1) is 4.77 Å². The molecule has 4 rings (SSSR count). The van der Waals surface area contributed by atoms with E-state index < -0.39 is 0 Å². The molecular weight excluding hydrogens is 450 g/mol. The summed E-state index contributed by atoms with van der Waals surface area (Å²) in [6.45, 7) is 4.62. The average molecular weight is 476 g/mol. The molecule has 31 heavy (non-hydrogen) atoms. The summed E-state index contributed by atoms with van der Waals surface area (Å²) >= 11 is 13.2. The highest BCUT2D eigenvalue weighted by Crippen LogP contribution is 2.30. The van der Waals surface area contributed by atoms with Crippen molar-refractivity contribution in [2.24, 2.45) is 0 Å². The third kappa shape index (κ3) is 5.26. The van der Waals surface area contributed by atoms with E-state index in [2.05, 4.69) is 38.8 Å². The van der Waals surface area contributed by atoms with E-state index in [0.717, 1.165) is 43.7 Å². The minimum absolute atomic E-state index is 0.0675. The van der Waals surface area contributed by atoms with Gasteiger partial charge in [0.2, 0.25) is 5.91 Å². The molecule has 2 N–H and O–H groups in total. The lowest BCUT2D eigenvalue weighted by molar-refractivity contribution is -0.122. The van der Waals surface area contributed by atoms with E-state index in [9.17, 15) is 4.79 Å². The van der Waals surface area contributed by atoms with Crippen molar-refractivity contribution in [3.8, 4) is 0 Å². The summed E-state index contributed by atoms with van der Waals surface area (Å²) in [5, 5.41) is 13.0. The van der Waals surface area contributed by atoms with Crippen LogP contribution in [-0.2, 0) is 30.7 Å². The highest BCUT2D eigenvalue weighted by atomic mass is 35.5. The lowest BCUT2D eigenvalue weighted by Gasteiger charge is -2.35. The first kappa shape index (κ1) is 22.2. The molecule has 0 saturated carbocycles. The van der Waals surface area contributed by atoms with Gasteiger partial charge >= 0.3 is 0 Å². The summed E-state index contributed by atoms with van der Waals surface area (Å²) in [5.74, 6) is 0.750. The standard InChI is InChI=1S/C22H26ClN5OS2/c1-2-3-20-25-26-22(30)28(20)14-21(29)24-12-18(15-4-6-17(23)7-5-15)27-10-8-19-16(13-27)9-11-31-19/h4-7,9,11,18H,2-3,8,10,12-14H2,1H3,(H,24,29)(H,26,30). The molecule has 1 aromatic carbocycles. The van der Waals surface area contributed by atoms with Gasteiger partial charge in [0, 0.05) is 36.0 Å². The Kier molecular flexibility index (Phi) is 7.22. The Morgan fingerprint density at radius 3 is 2.94 bits per heavy atom. The van der Waals surface area contributed by atoms with Crippen LogP contribution >= 0.6 is 35.2 Å². The van der Waals surface area contributed by atoms with E-state index in [4.69, 9.17) is 23.8 Å². The van der Waals surface area contributed by atoms with Crippen LogP contribution in [0.2, 0.25) is 5.02 Å². The van der Waals surface area contributed by atoms with Crippen molar-refractivity contribution in [1.82, 2.24) is 25.0 Å². The first-order chi connectivity index (χ1) is 15.0. The van der Waals surface area contributed by atoms with Gasteiger partial charge in [-0.05, 0) is 59.8 Å². The SMILES string of the molecule is CCCc1n[nH]c(=S)n1CC(=O)NCC(c1ccc(Cl)cc1)N1CCc2sccc2C1. The van der Waals surface area contributed by atoms with Gasteiger partial charge in [-0.25, -0.2) is 0 Å². The molecule has 0 spiro atoms. The fourth-order valence-corrected chi connectivity index (χ4v) is 5.25. The molecule has 164 valence electrons. The molecule has 0 fully saturated rings.